The van der Waals surface area contributed by atoms with Gasteiger partial charge in [0.05, 0.1) is 5.69 Å². The zero-order chi connectivity index (χ0) is 19.8. The normalized spacial score (nSPS) is 11.9. The van der Waals surface area contributed by atoms with E-state index in [2.05, 4.69) is 72.4 Å². The molecule has 1 heterocycles. The Hall–Kier alpha value is -2.42. The maximum Gasteiger partial charge on any atom is 0.113 e. The molecule has 0 atom stereocenters. The standard InChI is InChI=1S/C24H31N3/c1-8-16(2)9-11-19-14-20(24(5,6)7)18(4)23(15-19)27-25-21-12-10-17(3)13-22(21)26-27/h10,12-15H,2,8-9,11H2,1,3-7H3. The first-order chi connectivity index (χ1) is 12.7. The van der Waals surface area contributed by atoms with Crippen molar-refractivity contribution in [3.05, 3.63) is 64.7 Å². The van der Waals surface area contributed by atoms with Gasteiger partial charge in [0.15, 0.2) is 0 Å². The predicted octanol–water partition coefficient (Wildman–Crippen LogP) is 6.23. The van der Waals surface area contributed by atoms with Crippen LogP contribution in [0.15, 0.2) is 42.5 Å². The van der Waals surface area contributed by atoms with E-state index in [0.29, 0.717) is 0 Å². The van der Waals surface area contributed by atoms with Crippen LogP contribution in [0.2, 0.25) is 0 Å². The molecule has 0 saturated heterocycles. The van der Waals surface area contributed by atoms with Crippen LogP contribution >= 0.6 is 0 Å². The average molecular weight is 362 g/mol. The van der Waals surface area contributed by atoms with E-state index in [0.717, 1.165) is 36.0 Å². The third kappa shape index (κ3) is 4.13. The molecule has 0 bridgehead atoms. The van der Waals surface area contributed by atoms with Crippen LogP contribution in [0.5, 0.6) is 0 Å². The fourth-order valence-electron chi connectivity index (χ4n) is 3.52. The van der Waals surface area contributed by atoms with E-state index in [-0.39, 0.29) is 5.41 Å². The SMILES string of the molecule is C=C(CC)CCc1cc(-n2nc3ccc(C)cc3n2)c(C)c(C(C)(C)C)c1. The Kier molecular flexibility index (Phi) is 5.23. The van der Waals surface area contributed by atoms with Crippen LogP contribution in [0.4, 0.5) is 0 Å². The third-order valence-corrected chi connectivity index (χ3v) is 5.27. The molecule has 0 amide bonds. The van der Waals surface area contributed by atoms with E-state index in [1.807, 2.05) is 10.9 Å². The van der Waals surface area contributed by atoms with Crippen molar-refractivity contribution in [1.82, 2.24) is 15.0 Å². The van der Waals surface area contributed by atoms with Gasteiger partial charge in [-0.25, -0.2) is 0 Å². The van der Waals surface area contributed by atoms with Crippen molar-refractivity contribution in [2.24, 2.45) is 0 Å². The number of hydrogen-bond acceptors (Lipinski definition) is 2. The van der Waals surface area contributed by atoms with Crippen molar-refractivity contribution in [2.75, 3.05) is 0 Å². The van der Waals surface area contributed by atoms with Gasteiger partial charge in [-0.3, -0.25) is 0 Å². The van der Waals surface area contributed by atoms with Crippen molar-refractivity contribution in [3.63, 3.8) is 0 Å². The first-order valence-electron chi connectivity index (χ1n) is 9.83. The minimum atomic E-state index is 0.0692. The highest BCUT2D eigenvalue weighted by Gasteiger charge is 2.21. The van der Waals surface area contributed by atoms with Crippen molar-refractivity contribution in [3.8, 4) is 5.69 Å². The molecular weight excluding hydrogens is 330 g/mol. The van der Waals surface area contributed by atoms with Crippen molar-refractivity contribution in [1.29, 1.82) is 0 Å². The van der Waals surface area contributed by atoms with Crippen LogP contribution in [0, 0.1) is 13.8 Å². The molecule has 1 aromatic heterocycles. The Labute approximate surface area is 163 Å². The second-order valence-electron chi connectivity index (χ2n) is 8.62. The first-order valence-corrected chi connectivity index (χ1v) is 9.83. The molecule has 0 radical (unpaired) electrons. The summed E-state index contributed by atoms with van der Waals surface area (Å²) in [4.78, 5) is 1.81. The lowest BCUT2D eigenvalue weighted by Gasteiger charge is -2.24. The fourth-order valence-corrected chi connectivity index (χ4v) is 3.52. The molecule has 0 aliphatic heterocycles. The summed E-state index contributed by atoms with van der Waals surface area (Å²) in [5.74, 6) is 0. The van der Waals surface area contributed by atoms with Gasteiger partial charge < -0.3 is 0 Å². The van der Waals surface area contributed by atoms with E-state index in [1.54, 1.807) is 0 Å². The van der Waals surface area contributed by atoms with Crippen LogP contribution < -0.4 is 0 Å². The average Bonchev–Trinajstić information content (AvgIpc) is 3.02. The maximum absolute atomic E-state index is 4.77. The van der Waals surface area contributed by atoms with Crippen LogP contribution in [0.1, 0.15) is 62.8 Å². The summed E-state index contributed by atoms with van der Waals surface area (Å²) in [5, 5.41) is 9.52. The molecular formula is C24H31N3. The van der Waals surface area contributed by atoms with Gasteiger partial charge in [-0.2, -0.15) is 4.80 Å². The summed E-state index contributed by atoms with van der Waals surface area (Å²) in [5.41, 5.74) is 9.45. The number of aromatic nitrogens is 3. The second kappa shape index (κ2) is 7.30. The van der Waals surface area contributed by atoms with E-state index < -0.39 is 0 Å². The summed E-state index contributed by atoms with van der Waals surface area (Å²) in [7, 11) is 0. The number of rotatable bonds is 5. The Morgan fingerprint density at radius 3 is 2.41 bits per heavy atom. The first kappa shape index (κ1) is 19.3. The van der Waals surface area contributed by atoms with Gasteiger partial charge in [-0.05, 0) is 79.0 Å². The quantitative estimate of drug-likeness (QED) is 0.504. The molecule has 0 saturated carbocycles. The Morgan fingerprint density at radius 1 is 1.04 bits per heavy atom. The largest absolute Gasteiger partial charge is 0.150 e. The van der Waals surface area contributed by atoms with E-state index in [9.17, 15) is 0 Å². The number of benzene rings is 2. The molecule has 0 spiro atoms. The molecule has 2 aromatic carbocycles. The Morgan fingerprint density at radius 2 is 1.74 bits per heavy atom. The van der Waals surface area contributed by atoms with Crippen LogP contribution in [0.25, 0.3) is 16.7 Å². The molecule has 3 rings (SSSR count). The highest BCUT2D eigenvalue weighted by atomic mass is 15.5. The molecule has 0 fully saturated rings. The zero-order valence-corrected chi connectivity index (χ0v) is 17.6. The fraction of sp³-hybridized carbons (Fsp3) is 0.417. The molecule has 0 N–H and O–H groups in total. The van der Waals surface area contributed by atoms with Gasteiger partial charge in [-0.1, -0.05) is 52.0 Å². The van der Waals surface area contributed by atoms with Gasteiger partial charge in [0, 0.05) is 0 Å². The smallest absolute Gasteiger partial charge is 0.113 e. The van der Waals surface area contributed by atoms with Crippen molar-refractivity contribution >= 4 is 11.0 Å². The number of hydrogen-bond donors (Lipinski definition) is 0. The van der Waals surface area contributed by atoms with Crippen LogP contribution in [-0.2, 0) is 11.8 Å². The topological polar surface area (TPSA) is 30.7 Å². The monoisotopic (exact) mass is 361 g/mol. The minimum absolute atomic E-state index is 0.0692. The maximum atomic E-state index is 4.77. The lowest BCUT2D eigenvalue weighted by Crippen LogP contribution is -2.16. The second-order valence-corrected chi connectivity index (χ2v) is 8.62. The number of fused-ring (bicyclic) bond motifs is 1. The van der Waals surface area contributed by atoms with Crippen molar-refractivity contribution in [2.45, 2.75) is 66.2 Å². The molecule has 27 heavy (non-hydrogen) atoms. The summed E-state index contributed by atoms with van der Waals surface area (Å²) < 4.78 is 0. The van der Waals surface area contributed by atoms with Gasteiger partial charge in [0.1, 0.15) is 11.0 Å². The minimum Gasteiger partial charge on any atom is -0.150 e. The lowest BCUT2D eigenvalue weighted by molar-refractivity contribution is 0.582. The number of nitrogens with zero attached hydrogens (tertiary/aromatic N) is 3. The summed E-state index contributed by atoms with van der Waals surface area (Å²) in [6, 6.07) is 10.8. The third-order valence-electron chi connectivity index (χ3n) is 5.27. The number of aryl methyl sites for hydroxylation is 2. The number of allylic oxidation sites excluding steroid dienone is 1. The summed E-state index contributed by atoms with van der Waals surface area (Å²) in [6.07, 6.45) is 3.06. The summed E-state index contributed by atoms with van der Waals surface area (Å²) >= 11 is 0. The molecule has 0 aliphatic carbocycles. The van der Waals surface area contributed by atoms with E-state index in [4.69, 9.17) is 10.2 Å². The van der Waals surface area contributed by atoms with Gasteiger partial charge >= 0.3 is 0 Å². The van der Waals surface area contributed by atoms with E-state index in [1.165, 1.54) is 27.8 Å². The van der Waals surface area contributed by atoms with Crippen molar-refractivity contribution < 1.29 is 0 Å². The van der Waals surface area contributed by atoms with Gasteiger partial charge in [-0.15, -0.1) is 10.2 Å². The predicted molar refractivity (Wildman–Crippen MR) is 115 cm³/mol. The highest BCUT2D eigenvalue weighted by Crippen LogP contribution is 2.31. The Balaban J connectivity index is 2.12. The summed E-state index contributed by atoms with van der Waals surface area (Å²) in [6.45, 7) is 17.4. The molecule has 3 nitrogen and oxygen atoms in total. The Bertz CT molecular complexity index is 987. The molecule has 0 unspecified atom stereocenters. The molecule has 0 aliphatic rings. The van der Waals surface area contributed by atoms with Crippen LogP contribution in [-0.4, -0.2) is 15.0 Å². The molecule has 142 valence electrons. The van der Waals surface area contributed by atoms with Gasteiger partial charge in [0.2, 0.25) is 0 Å². The lowest BCUT2D eigenvalue weighted by atomic mass is 9.82. The molecule has 3 heteroatoms. The van der Waals surface area contributed by atoms with E-state index >= 15 is 0 Å². The van der Waals surface area contributed by atoms with Gasteiger partial charge in [0.25, 0.3) is 0 Å². The zero-order valence-electron chi connectivity index (χ0n) is 17.6. The highest BCUT2D eigenvalue weighted by molar-refractivity contribution is 5.74. The molecule has 3 aromatic rings. The van der Waals surface area contributed by atoms with Crippen LogP contribution in [0.3, 0.4) is 0 Å².